The van der Waals surface area contributed by atoms with Crippen LogP contribution in [0.2, 0.25) is 0 Å². The Morgan fingerprint density at radius 3 is 2.62 bits per heavy atom. The number of rotatable bonds is 4. The molecule has 0 aliphatic heterocycles. The lowest BCUT2D eigenvalue weighted by Crippen LogP contribution is -2.31. The number of thiazole rings is 1. The van der Waals surface area contributed by atoms with Crippen molar-refractivity contribution in [1.29, 1.82) is 0 Å². The van der Waals surface area contributed by atoms with E-state index in [-0.39, 0.29) is 11.5 Å². The van der Waals surface area contributed by atoms with Gasteiger partial charge >= 0.3 is 0 Å². The number of hydrogen-bond acceptors (Lipinski definition) is 7. The highest BCUT2D eigenvalue weighted by molar-refractivity contribution is 7.15. The summed E-state index contributed by atoms with van der Waals surface area (Å²) in [7, 11) is 0. The van der Waals surface area contributed by atoms with Crippen LogP contribution in [-0.2, 0) is 10.4 Å². The van der Waals surface area contributed by atoms with Gasteiger partial charge in [-0.05, 0) is 49.9 Å². The number of carbonyl (C=O) groups excluding carboxylic acids is 1. The lowest BCUT2D eigenvalue weighted by Gasteiger charge is -2.29. The Balaban J connectivity index is 1.60. The van der Waals surface area contributed by atoms with Crippen molar-refractivity contribution >= 4 is 28.8 Å². The van der Waals surface area contributed by atoms with Crippen LogP contribution in [0, 0.1) is 19.7 Å². The zero-order chi connectivity index (χ0) is 20.6. The molecule has 0 spiro atoms. The number of ketones is 1. The lowest BCUT2D eigenvalue weighted by atomic mass is 9.85. The van der Waals surface area contributed by atoms with Crippen LogP contribution in [0.25, 0.3) is 10.4 Å². The number of aliphatic hydroxyl groups is 1. The Hall–Kier alpha value is -2.71. The highest BCUT2D eigenvalue weighted by Gasteiger charge is 2.36. The summed E-state index contributed by atoms with van der Waals surface area (Å²) in [5.74, 6) is 0.0748. The molecule has 1 aromatic carbocycles. The highest BCUT2D eigenvalue weighted by Crippen LogP contribution is 2.40. The van der Waals surface area contributed by atoms with E-state index < -0.39 is 11.4 Å². The summed E-state index contributed by atoms with van der Waals surface area (Å²) in [4.78, 5) is 25.0. The predicted octanol–water partition coefficient (Wildman–Crippen LogP) is 4.43. The minimum Gasteiger partial charge on any atom is -0.383 e. The molecule has 0 radical (unpaired) electrons. The molecule has 0 unspecified atom stereocenters. The standard InChI is InChI=1S/C21H21FN4O2S/c1-12-7-14(9-15(8-12)26-20-24-10-17(22)13(2)25-20)18-11-23-19(29-18)21(28)5-3-16(27)4-6-21/h7-11,28H,3-6H2,1-2H3,(H,24,25,26). The van der Waals surface area contributed by atoms with Gasteiger partial charge in [0.2, 0.25) is 5.95 Å². The smallest absolute Gasteiger partial charge is 0.227 e. The highest BCUT2D eigenvalue weighted by atomic mass is 32.1. The third kappa shape index (κ3) is 4.18. The number of aryl methyl sites for hydroxylation is 2. The molecular weight excluding hydrogens is 391 g/mol. The first-order valence-electron chi connectivity index (χ1n) is 9.41. The van der Waals surface area contributed by atoms with Crippen molar-refractivity contribution in [3.05, 3.63) is 52.7 Å². The van der Waals surface area contributed by atoms with Crippen LogP contribution in [0.4, 0.5) is 16.0 Å². The number of nitrogens with zero attached hydrogens (tertiary/aromatic N) is 3. The molecule has 3 aromatic rings. The van der Waals surface area contributed by atoms with Gasteiger partial charge in [0.15, 0.2) is 5.82 Å². The maximum Gasteiger partial charge on any atom is 0.227 e. The van der Waals surface area contributed by atoms with E-state index >= 15 is 0 Å². The molecule has 6 nitrogen and oxygen atoms in total. The Kier molecular flexibility index (Phi) is 5.14. The van der Waals surface area contributed by atoms with Crippen molar-refractivity contribution in [1.82, 2.24) is 15.0 Å². The first kappa shape index (κ1) is 19.6. The molecule has 1 aliphatic carbocycles. The molecule has 0 amide bonds. The number of halogens is 1. The first-order chi connectivity index (χ1) is 13.8. The quantitative estimate of drug-likeness (QED) is 0.659. The minimum absolute atomic E-state index is 0.194. The van der Waals surface area contributed by atoms with Gasteiger partial charge in [0.25, 0.3) is 0 Å². The van der Waals surface area contributed by atoms with E-state index in [1.807, 2.05) is 25.1 Å². The van der Waals surface area contributed by atoms with Gasteiger partial charge in [0, 0.05) is 24.7 Å². The maximum absolute atomic E-state index is 13.4. The topological polar surface area (TPSA) is 88.0 Å². The number of carbonyl (C=O) groups is 1. The van der Waals surface area contributed by atoms with Gasteiger partial charge in [0.1, 0.15) is 16.4 Å². The Labute approximate surface area is 171 Å². The lowest BCUT2D eigenvalue weighted by molar-refractivity contribution is -0.125. The Bertz CT molecular complexity index is 1070. The third-order valence-electron chi connectivity index (χ3n) is 5.08. The number of nitrogens with one attached hydrogen (secondary N) is 1. The molecule has 0 bridgehead atoms. The van der Waals surface area contributed by atoms with E-state index in [2.05, 4.69) is 20.3 Å². The van der Waals surface area contributed by atoms with Crippen molar-refractivity contribution in [2.75, 3.05) is 5.32 Å². The second-order valence-electron chi connectivity index (χ2n) is 7.44. The van der Waals surface area contributed by atoms with Gasteiger partial charge in [-0.25, -0.2) is 19.3 Å². The van der Waals surface area contributed by atoms with E-state index in [0.29, 0.717) is 36.6 Å². The van der Waals surface area contributed by atoms with E-state index in [1.54, 1.807) is 13.1 Å². The van der Waals surface area contributed by atoms with Crippen molar-refractivity contribution < 1.29 is 14.3 Å². The summed E-state index contributed by atoms with van der Waals surface area (Å²) < 4.78 is 13.4. The molecule has 0 atom stereocenters. The largest absolute Gasteiger partial charge is 0.383 e. The van der Waals surface area contributed by atoms with Crippen LogP contribution in [0.3, 0.4) is 0 Å². The maximum atomic E-state index is 13.4. The summed E-state index contributed by atoms with van der Waals surface area (Å²) in [6.07, 6.45) is 4.52. The molecular formula is C21H21FN4O2S. The predicted molar refractivity (Wildman–Crippen MR) is 110 cm³/mol. The van der Waals surface area contributed by atoms with Crippen molar-refractivity contribution in [3.8, 4) is 10.4 Å². The third-order valence-corrected chi connectivity index (χ3v) is 6.32. The van der Waals surface area contributed by atoms with Gasteiger partial charge in [-0.1, -0.05) is 6.07 Å². The molecule has 1 saturated carbocycles. The van der Waals surface area contributed by atoms with E-state index in [1.165, 1.54) is 11.3 Å². The molecule has 2 heterocycles. The zero-order valence-electron chi connectivity index (χ0n) is 16.2. The summed E-state index contributed by atoms with van der Waals surface area (Å²) in [6.45, 7) is 3.57. The Morgan fingerprint density at radius 1 is 1.14 bits per heavy atom. The zero-order valence-corrected chi connectivity index (χ0v) is 17.0. The van der Waals surface area contributed by atoms with Crippen molar-refractivity contribution in [2.45, 2.75) is 45.1 Å². The van der Waals surface area contributed by atoms with Crippen LogP contribution in [-0.4, -0.2) is 25.8 Å². The van der Waals surface area contributed by atoms with E-state index in [4.69, 9.17) is 0 Å². The molecule has 4 rings (SSSR count). The fourth-order valence-corrected chi connectivity index (χ4v) is 4.47. The van der Waals surface area contributed by atoms with Gasteiger partial charge in [0.05, 0.1) is 16.8 Å². The van der Waals surface area contributed by atoms with Crippen LogP contribution >= 0.6 is 11.3 Å². The number of anilines is 2. The average molecular weight is 412 g/mol. The van der Waals surface area contributed by atoms with Gasteiger partial charge in [-0.2, -0.15) is 0 Å². The number of hydrogen-bond donors (Lipinski definition) is 2. The number of benzene rings is 1. The summed E-state index contributed by atoms with van der Waals surface area (Å²) in [6, 6.07) is 5.93. The number of aromatic nitrogens is 3. The van der Waals surface area contributed by atoms with Crippen LogP contribution < -0.4 is 5.32 Å². The van der Waals surface area contributed by atoms with Crippen molar-refractivity contribution in [2.24, 2.45) is 0 Å². The fraction of sp³-hybridized carbons (Fsp3) is 0.333. The summed E-state index contributed by atoms with van der Waals surface area (Å²) in [5.41, 5.74) is 2.01. The number of Topliss-reactive ketones (excluding diaryl/α,β-unsaturated/α-hetero) is 1. The molecule has 2 aromatic heterocycles. The van der Waals surface area contributed by atoms with Crippen LogP contribution in [0.15, 0.2) is 30.6 Å². The van der Waals surface area contributed by atoms with Gasteiger partial charge in [-0.3, -0.25) is 4.79 Å². The molecule has 1 aliphatic rings. The molecule has 0 saturated heterocycles. The minimum atomic E-state index is -1.03. The second kappa shape index (κ2) is 7.61. The summed E-state index contributed by atoms with van der Waals surface area (Å²) >= 11 is 1.44. The normalized spacial score (nSPS) is 16.1. The summed E-state index contributed by atoms with van der Waals surface area (Å²) in [5, 5.41) is 14.7. The van der Waals surface area contributed by atoms with E-state index in [0.717, 1.165) is 27.9 Å². The van der Waals surface area contributed by atoms with Gasteiger partial charge in [-0.15, -0.1) is 11.3 Å². The SMILES string of the molecule is Cc1cc(Nc2ncc(F)c(C)n2)cc(-c2cnc(C3(O)CCC(=O)CC3)s2)c1. The molecule has 2 N–H and O–H groups in total. The van der Waals surface area contributed by atoms with Crippen LogP contribution in [0.5, 0.6) is 0 Å². The van der Waals surface area contributed by atoms with E-state index in [9.17, 15) is 14.3 Å². The fourth-order valence-electron chi connectivity index (χ4n) is 3.42. The monoisotopic (exact) mass is 412 g/mol. The average Bonchev–Trinajstić information content (AvgIpc) is 3.18. The first-order valence-corrected chi connectivity index (χ1v) is 10.2. The molecule has 8 heteroatoms. The molecule has 1 fully saturated rings. The second-order valence-corrected chi connectivity index (χ2v) is 8.47. The Morgan fingerprint density at radius 2 is 1.90 bits per heavy atom. The van der Waals surface area contributed by atoms with Crippen molar-refractivity contribution in [3.63, 3.8) is 0 Å². The van der Waals surface area contributed by atoms with Crippen LogP contribution in [0.1, 0.15) is 41.9 Å². The molecule has 29 heavy (non-hydrogen) atoms. The molecule has 150 valence electrons. The van der Waals surface area contributed by atoms with Gasteiger partial charge < -0.3 is 10.4 Å².